The third-order valence-electron chi connectivity index (χ3n) is 4.29. The molecule has 160 valence electrons. The van der Waals surface area contributed by atoms with E-state index in [2.05, 4.69) is 15.3 Å². The highest BCUT2D eigenvalue weighted by atomic mass is 32.1. The number of halogens is 3. The number of aromatic nitrogens is 3. The standard InChI is InChI=1S/C19H19F3N4O3S/c1-3-29-14-7-5-4-6-12(14)13-11-30-17(24-13)25-15(27)10-18(28,19(20,21)22)16-23-8-9-26(16)2/h4-9,11,28H,3,10H2,1-2H3,(H,24,25,27). The van der Waals surface area contributed by atoms with Crippen LogP contribution in [0.15, 0.2) is 42.0 Å². The largest absolute Gasteiger partial charge is 0.493 e. The van der Waals surface area contributed by atoms with E-state index in [9.17, 15) is 23.1 Å². The van der Waals surface area contributed by atoms with Gasteiger partial charge in [0.1, 0.15) is 5.75 Å². The van der Waals surface area contributed by atoms with Crippen molar-refractivity contribution in [1.29, 1.82) is 0 Å². The first-order valence-corrected chi connectivity index (χ1v) is 9.78. The summed E-state index contributed by atoms with van der Waals surface area (Å²) in [5, 5.41) is 14.4. The summed E-state index contributed by atoms with van der Waals surface area (Å²) in [7, 11) is 1.31. The van der Waals surface area contributed by atoms with Gasteiger partial charge in [-0.25, -0.2) is 9.97 Å². The highest BCUT2D eigenvalue weighted by molar-refractivity contribution is 7.14. The number of carbonyl (C=O) groups excluding carboxylic acids is 1. The minimum Gasteiger partial charge on any atom is -0.493 e. The van der Waals surface area contributed by atoms with Gasteiger partial charge in [0.15, 0.2) is 11.0 Å². The number of rotatable bonds is 7. The minimum atomic E-state index is -5.10. The van der Waals surface area contributed by atoms with E-state index < -0.39 is 29.9 Å². The summed E-state index contributed by atoms with van der Waals surface area (Å²) in [5.74, 6) is -1.11. The molecule has 0 radical (unpaired) electrons. The lowest BCUT2D eigenvalue weighted by molar-refractivity contribution is -0.270. The number of aliphatic hydroxyl groups is 1. The quantitative estimate of drug-likeness (QED) is 0.585. The third-order valence-corrected chi connectivity index (χ3v) is 5.05. The van der Waals surface area contributed by atoms with E-state index in [0.717, 1.165) is 22.1 Å². The molecule has 30 heavy (non-hydrogen) atoms. The van der Waals surface area contributed by atoms with Crippen molar-refractivity contribution in [3.05, 3.63) is 47.9 Å². The molecule has 1 amide bonds. The van der Waals surface area contributed by atoms with Gasteiger partial charge < -0.3 is 19.7 Å². The number of benzene rings is 1. The van der Waals surface area contributed by atoms with Crippen LogP contribution >= 0.6 is 11.3 Å². The van der Waals surface area contributed by atoms with Crippen LogP contribution in [0.5, 0.6) is 5.75 Å². The molecule has 3 aromatic rings. The number of carbonyl (C=O) groups is 1. The monoisotopic (exact) mass is 440 g/mol. The van der Waals surface area contributed by atoms with E-state index in [1.54, 1.807) is 29.6 Å². The molecule has 0 aliphatic heterocycles. The summed E-state index contributed by atoms with van der Waals surface area (Å²) in [6, 6.07) is 7.16. The second-order valence-corrected chi connectivity index (χ2v) is 7.27. The van der Waals surface area contributed by atoms with Crippen LogP contribution in [0.4, 0.5) is 18.3 Å². The number of thiazole rings is 1. The van der Waals surface area contributed by atoms with Crippen molar-refractivity contribution >= 4 is 22.4 Å². The van der Waals surface area contributed by atoms with E-state index in [-0.39, 0.29) is 5.13 Å². The fourth-order valence-corrected chi connectivity index (χ4v) is 3.61. The van der Waals surface area contributed by atoms with Crippen LogP contribution in [0.25, 0.3) is 11.3 Å². The number of para-hydroxylation sites is 1. The number of amides is 1. The SMILES string of the molecule is CCOc1ccccc1-c1csc(NC(=O)CC(O)(c2nccn2C)C(F)(F)F)n1. The lowest BCUT2D eigenvalue weighted by atomic mass is 9.97. The topological polar surface area (TPSA) is 89.3 Å². The van der Waals surface area contributed by atoms with Gasteiger partial charge in [-0.05, 0) is 19.1 Å². The molecular formula is C19H19F3N4O3S. The Hall–Kier alpha value is -2.92. The maximum atomic E-state index is 13.6. The van der Waals surface area contributed by atoms with Gasteiger partial charge in [-0.2, -0.15) is 13.2 Å². The molecule has 0 aliphatic rings. The van der Waals surface area contributed by atoms with Crippen molar-refractivity contribution in [3.8, 4) is 17.0 Å². The summed E-state index contributed by atoms with van der Waals surface area (Å²) in [4.78, 5) is 20.2. The zero-order valence-corrected chi connectivity index (χ0v) is 16.9. The molecule has 0 bridgehead atoms. The van der Waals surface area contributed by atoms with Crippen molar-refractivity contribution < 1.29 is 27.8 Å². The first-order valence-electron chi connectivity index (χ1n) is 8.90. The Morgan fingerprint density at radius 3 is 2.70 bits per heavy atom. The predicted molar refractivity (Wildman–Crippen MR) is 105 cm³/mol. The molecule has 1 atom stereocenters. The lowest BCUT2D eigenvalue weighted by Gasteiger charge is -2.29. The van der Waals surface area contributed by atoms with Crippen molar-refractivity contribution in [1.82, 2.24) is 14.5 Å². The first kappa shape index (κ1) is 21.8. The van der Waals surface area contributed by atoms with Crippen molar-refractivity contribution in [2.75, 3.05) is 11.9 Å². The number of aryl methyl sites for hydroxylation is 1. The van der Waals surface area contributed by atoms with Crippen LogP contribution in [0.2, 0.25) is 0 Å². The summed E-state index contributed by atoms with van der Waals surface area (Å²) in [5.41, 5.74) is -2.23. The Kier molecular flexibility index (Phi) is 6.13. The van der Waals surface area contributed by atoms with Crippen molar-refractivity contribution in [3.63, 3.8) is 0 Å². The number of alkyl halides is 3. The minimum absolute atomic E-state index is 0.102. The van der Waals surface area contributed by atoms with Gasteiger partial charge in [0, 0.05) is 30.4 Å². The normalized spacial score (nSPS) is 13.7. The predicted octanol–water partition coefficient (Wildman–Crippen LogP) is 3.72. The van der Waals surface area contributed by atoms with Crippen LogP contribution in [-0.4, -0.2) is 38.3 Å². The van der Waals surface area contributed by atoms with Crippen LogP contribution in [0.1, 0.15) is 19.2 Å². The summed E-state index contributed by atoms with van der Waals surface area (Å²) >= 11 is 1.05. The molecule has 2 heterocycles. The van der Waals surface area contributed by atoms with E-state index >= 15 is 0 Å². The third kappa shape index (κ3) is 4.31. The Balaban J connectivity index is 1.79. The molecule has 1 unspecified atom stereocenters. The number of ether oxygens (including phenoxy) is 1. The first-order chi connectivity index (χ1) is 14.2. The highest BCUT2D eigenvalue weighted by Crippen LogP contribution is 2.41. The number of anilines is 1. The van der Waals surface area contributed by atoms with Gasteiger partial charge in [-0.15, -0.1) is 11.3 Å². The van der Waals surface area contributed by atoms with Gasteiger partial charge in [-0.1, -0.05) is 12.1 Å². The highest BCUT2D eigenvalue weighted by Gasteiger charge is 2.58. The molecule has 2 N–H and O–H groups in total. The van der Waals surface area contributed by atoms with Crippen LogP contribution in [-0.2, 0) is 17.4 Å². The molecule has 2 aromatic heterocycles. The number of imidazole rings is 1. The number of nitrogens with one attached hydrogen (secondary N) is 1. The van der Waals surface area contributed by atoms with E-state index in [1.165, 1.54) is 13.2 Å². The second kappa shape index (κ2) is 8.44. The van der Waals surface area contributed by atoms with Gasteiger partial charge >= 0.3 is 6.18 Å². The zero-order valence-electron chi connectivity index (χ0n) is 16.1. The van der Waals surface area contributed by atoms with Gasteiger partial charge in [0.05, 0.1) is 18.7 Å². The van der Waals surface area contributed by atoms with Crippen LogP contribution < -0.4 is 10.1 Å². The van der Waals surface area contributed by atoms with Gasteiger partial charge in [0.2, 0.25) is 11.5 Å². The molecule has 0 saturated heterocycles. The fourth-order valence-electron chi connectivity index (χ4n) is 2.88. The number of hydrogen-bond donors (Lipinski definition) is 2. The Bertz CT molecular complexity index is 1030. The van der Waals surface area contributed by atoms with Crippen molar-refractivity contribution in [2.24, 2.45) is 7.05 Å². The summed E-state index contributed by atoms with van der Waals surface area (Å²) in [6.07, 6.45) is -3.99. The summed E-state index contributed by atoms with van der Waals surface area (Å²) < 4.78 is 47.3. The molecule has 7 nitrogen and oxygen atoms in total. The Morgan fingerprint density at radius 1 is 1.33 bits per heavy atom. The molecule has 0 aliphatic carbocycles. The second-order valence-electron chi connectivity index (χ2n) is 6.41. The fraction of sp³-hybridized carbons (Fsp3) is 0.316. The van der Waals surface area contributed by atoms with E-state index in [1.807, 2.05) is 6.92 Å². The smallest absolute Gasteiger partial charge is 0.425 e. The average molecular weight is 440 g/mol. The zero-order chi connectivity index (χ0) is 21.9. The molecule has 11 heteroatoms. The van der Waals surface area contributed by atoms with Crippen LogP contribution in [0.3, 0.4) is 0 Å². The maximum absolute atomic E-state index is 13.6. The van der Waals surface area contributed by atoms with E-state index in [0.29, 0.717) is 23.6 Å². The van der Waals surface area contributed by atoms with Gasteiger partial charge in [0.25, 0.3) is 0 Å². The van der Waals surface area contributed by atoms with Gasteiger partial charge in [-0.3, -0.25) is 4.79 Å². The Labute approximate surface area is 174 Å². The van der Waals surface area contributed by atoms with Crippen LogP contribution in [0, 0.1) is 0 Å². The average Bonchev–Trinajstić information content (AvgIpc) is 3.30. The number of nitrogens with zero attached hydrogens (tertiary/aromatic N) is 3. The molecule has 3 rings (SSSR count). The maximum Gasteiger partial charge on any atom is 0.425 e. The Morgan fingerprint density at radius 2 is 2.07 bits per heavy atom. The molecular weight excluding hydrogens is 421 g/mol. The molecule has 0 spiro atoms. The molecule has 1 aromatic carbocycles. The number of hydrogen-bond acceptors (Lipinski definition) is 6. The molecule has 0 saturated carbocycles. The van der Waals surface area contributed by atoms with E-state index in [4.69, 9.17) is 4.74 Å². The summed E-state index contributed by atoms with van der Waals surface area (Å²) in [6.45, 7) is 2.29. The van der Waals surface area contributed by atoms with Crippen molar-refractivity contribution in [2.45, 2.75) is 25.1 Å². The molecule has 0 fully saturated rings. The lowest BCUT2D eigenvalue weighted by Crippen LogP contribution is -2.46.